The van der Waals surface area contributed by atoms with Gasteiger partial charge in [0.1, 0.15) is 6.33 Å². The van der Waals surface area contributed by atoms with Crippen molar-refractivity contribution in [1.82, 2.24) is 9.55 Å². The first kappa shape index (κ1) is 19.2. The number of benzene rings is 4. The molecule has 5 aromatic rings. The molecule has 4 aromatic carbocycles. The number of para-hydroxylation sites is 2. The van der Waals surface area contributed by atoms with Gasteiger partial charge in [-0.05, 0) is 71.4 Å². The molecule has 0 saturated carbocycles. The van der Waals surface area contributed by atoms with E-state index in [1.807, 2.05) is 42.5 Å². The molecule has 0 aliphatic heterocycles. The van der Waals surface area contributed by atoms with Gasteiger partial charge in [0.05, 0.1) is 22.7 Å². The molecule has 32 heavy (non-hydrogen) atoms. The molecule has 0 aliphatic rings. The molecular weight excluding hydrogens is 400 g/mol. The number of fused-ring (bicyclic) bond motifs is 2. The van der Waals surface area contributed by atoms with Crippen LogP contribution in [0, 0.1) is 11.3 Å². The molecule has 0 radical (unpaired) electrons. The summed E-state index contributed by atoms with van der Waals surface area (Å²) in [6.45, 7) is 0. The third-order valence-electron chi connectivity index (χ3n) is 5.29. The molecule has 0 fully saturated rings. The average Bonchev–Trinajstić information content (AvgIpc) is 3.27. The number of nitriles is 1. The topological polar surface area (TPSA) is 87.8 Å². The minimum atomic E-state index is -0.269. The zero-order chi connectivity index (χ0) is 22.1. The molecule has 6 heteroatoms. The lowest BCUT2D eigenvalue weighted by atomic mass is 10.0. The summed E-state index contributed by atoms with van der Waals surface area (Å²) in [6.07, 6.45) is 1.53. The second-order valence-electron chi connectivity index (χ2n) is 7.33. The predicted octanol–water partition coefficient (Wildman–Crippen LogP) is 5.00. The molecule has 1 N–H and O–H groups in total. The molecule has 1 heterocycles. The monoisotopic (exact) mass is 416 g/mol. The van der Waals surface area contributed by atoms with E-state index in [1.54, 1.807) is 48.5 Å². The van der Waals surface area contributed by atoms with Crippen LogP contribution < -0.4 is 5.32 Å². The van der Waals surface area contributed by atoms with Crippen molar-refractivity contribution in [2.75, 3.05) is 5.32 Å². The van der Waals surface area contributed by atoms with Gasteiger partial charge >= 0.3 is 0 Å². The van der Waals surface area contributed by atoms with Gasteiger partial charge in [0.15, 0.2) is 0 Å². The quantitative estimate of drug-likeness (QED) is 0.448. The highest BCUT2D eigenvalue weighted by Gasteiger charge is 2.14. The predicted molar refractivity (Wildman–Crippen MR) is 123 cm³/mol. The zero-order valence-electron chi connectivity index (χ0n) is 16.8. The standard InChI is InChI=1S/C26H16N4O2/c27-15-17-5-11-22(12-6-17)29-25(31)19-9-7-18-8-10-20(14-21(18)13-19)26(32)30-16-28-23-3-1-2-4-24(23)30/h1-14,16H,(H,29,31). The van der Waals surface area contributed by atoms with Crippen LogP contribution in [0.4, 0.5) is 5.69 Å². The van der Waals surface area contributed by atoms with Crippen LogP contribution in [0.2, 0.25) is 0 Å². The molecule has 0 bridgehead atoms. The number of carbonyl (C=O) groups is 2. The zero-order valence-corrected chi connectivity index (χ0v) is 16.8. The first-order valence-electron chi connectivity index (χ1n) is 9.94. The van der Waals surface area contributed by atoms with Crippen LogP contribution in [0.1, 0.15) is 26.3 Å². The van der Waals surface area contributed by atoms with Crippen molar-refractivity contribution in [3.63, 3.8) is 0 Å². The molecule has 0 saturated heterocycles. The highest BCUT2D eigenvalue weighted by Crippen LogP contribution is 2.21. The van der Waals surface area contributed by atoms with Crippen molar-refractivity contribution < 1.29 is 9.59 Å². The van der Waals surface area contributed by atoms with Crippen LogP contribution in [0.5, 0.6) is 0 Å². The van der Waals surface area contributed by atoms with Crippen LogP contribution in [0.15, 0.2) is 91.3 Å². The lowest BCUT2D eigenvalue weighted by Gasteiger charge is -2.08. The van der Waals surface area contributed by atoms with Gasteiger partial charge in [-0.15, -0.1) is 0 Å². The maximum Gasteiger partial charge on any atom is 0.263 e. The lowest BCUT2D eigenvalue weighted by Crippen LogP contribution is -2.12. The van der Waals surface area contributed by atoms with Crippen LogP contribution in [-0.4, -0.2) is 21.4 Å². The Morgan fingerprint density at radius 3 is 2.34 bits per heavy atom. The number of anilines is 1. The average molecular weight is 416 g/mol. The van der Waals surface area contributed by atoms with Crippen molar-refractivity contribution in [1.29, 1.82) is 5.26 Å². The van der Waals surface area contributed by atoms with E-state index in [0.29, 0.717) is 22.4 Å². The van der Waals surface area contributed by atoms with Crippen molar-refractivity contribution in [2.45, 2.75) is 0 Å². The highest BCUT2D eigenvalue weighted by atomic mass is 16.2. The molecule has 0 unspecified atom stereocenters. The Hall–Kier alpha value is -4.76. The number of hydrogen-bond donors (Lipinski definition) is 1. The summed E-state index contributed by atoms with van der Waals surface area (Å²) in [5, 5.41) is 13.4. The molecule has 0 aliphatic carbocycles. The molecular formula is C26H16N4O2. The molecule has 0 atom stereocenters. The molecule has 6 nitrogen and oxygen atoms in total. The first-order chi connectivity index (χ1) is 15.6. The summed E-state index contributed by atoms with van der Waals surface area (Å²) < 4.78 is 1.53. The van der Waals surface area contributed by atoms with Crippen molar-refractivity contribution in [3.8, 4) is 6.07 Å². The normalized spacial score (nSPS) is 10.7. The summed E-state index contributed by atoms with van der Waals surface area (Å²) in [7, 11) is 0. The molecule has 152 valence electrons. The van der Waals surface area contributed by atoms with Gasteiger partial charge in [-0.25, -0.2) is 4.98 Å². The second-order valence-corrected chi connectivity index (χ2v) is 7.33. The van der Waals surface area contributed by atoms with E-state index >= 15 is 0 Å². The highest BCUT2D eigenvalue weighted by molar-refractivity contribution is 6.08. The maximum atomic E-state index is 13.1. The third-order valence-corrected chi connectivity index (χ3v) is 5.29. The fourth-order valence-electron chi connectivity index (χ4n) is 3.61. The van der Waals surface area contributed by atoms with Gasteiger partial charge in [0, 0.05) is 16.8 Å². The van der Waals surface area contributed by atoms with Gasteiger partial charge in [0.25, 0.3) is 11.8 Å². The minimum Gasteiger partial charge on any atom is -0.322 e. The first-order valence-corrected chi connectivity index (χ1v) is 9.94. The molecule has 1 amide bonds. The van der Waals surface area contributed by atoms with Gasteiger partial charge in [-0.2, -0.15) is 5.26 Å². The number of hydrogen-bond acceptors (Lipinski definition) is 4. The number of rotatable bonds is 3. The van der Waals surface area contributed by atoms with Crippen molar-refractivity contribution in [3.05, 3.63) is 108 Å². The SMILES string of the molecule is N#Cc1ccc(NC(=O)c2ccc3ccc(C(=O)n4cnc5ccccc54)cc3c2)cc1. The Morgan fingerprint density at radius 1 is 0.844 bits per heavy atom. The van der Waals surface area contributed by atoms with E-state index in [-0.39, 0.29) is 11.8 Å². The Balaban J connectivity index is 1.45. The van der Waals surface area contributed by atoms with Crippen LogP contribution in [-0.2, 0) is 0 Å². The smallest absolute Gasteiger partial charge is 0.263 e. The Kier molecular flexibility index (Phi) is 4.70. The largest absolute Gasteiger partial charge is 0.322 e. The van der Waals surface area contributed by atoms with E-state index in [0.717, 1.165) is 21.8 Å². The van der Waals surface area contributed by atoms with Crippen molar-refractivity contribution in [2.24, 2.45) is 0 Å². The van der Waals surface area contributed by atoms with Crippen LogP contribution >= 0.6 is 0 Å². The summed E-state index contributed by atoms with van der Waals surface area (Å²) in [6, 6.07) is 26.9. The second kappa shape index (κ2) is 7.82. The van der Waals surface area contributed by atoms with Crippen LogP contribution in [0.25, 0.3) is 21.8 Å². The Bertz CT molecular complexity index is 1540. The molecule has 1 aromatic heterocycles. The summed E-state index contributed by atoms with van der Waals surface area (Å²) >= 11 is 0. The summed E-state index contributed by atoms with van der Waals surface area (Å²) in [4.78, 5) is 30.1. The number of amides is 1. The van der Waals surface area contributed by atoms with Crippen molar-refractivity contribution >= 4 is 39.3 Å². The van der Waals surface area contributed by atoms with E-state index in [9.17, 15) is 9.59 Å². The van der Waals surface area contributed by atoms with Gasteiger partial charge in [-0.3, -0.25) is 14.2 Å². The Labute approximate surface area is 183 Å². The van der Waals surface area contributed by atoms with Crippen LogP contribution in [0.3, 0.4) is 0 Å². The number of imidazole rings is 1. The van der Waals surface area contributed by atoms with Gasteiger partial charge in [0.2, 0.25) is 0 Å². The number of aromatic nitrogens is 2. The number of nitrogens with zero attached hydrogens (tertiary/aromatic N) is 3. The minimum absolute atomic E-state index is 0.187. The van der Waals surface area contributed by atoms with E-state index in [2.05, 4.69) is 10.3 Å². The van der Waals surface area contributed by atoms with Gasteiger partial charge < -0.3 is 5.32 Å². The molecule has 5 rings (SSSR count). The van der Waals surface area contributed by atoms with E-state index < -0.39 is 0 Å². The number of carbonyl (C=O) groups excluding carboxylic acids is 2. The Morgan fingerprint density at radius 2 is 1.56 bits per heavy atom. The lowest BCUT2D eigenvalue weighted by molar-refractivity contribution is 0.0963. The van der Waals surface area contributed by atoms with E-state index in [4.69, 9.17) is 5.26 Å². The maximum absolute atomic E-state index is 13.1. The van der Waals surface area contributed by atoms with Gasteiger partial charge in [-0.1, -0.05) is 24.3 Å². The molecule has 0 spiro atoms. The summed E-state index contributed by atoms with van der Waals surface area (Å²) in [5.74, 6) is -0.457. The number of nitrogens with one attached hydrogen (secondary N) is 1. The van der Waals surface area contributed by atoms with E-state index in [1.165, 1.54) is 10.9 Å². The fraction of sp³-hybridized carbons (Fsp3) is 0. The summed E-state index contributed by atoms with van der Waals surface area (Å²) in [5.41, 5.74) is 3.60. The fourth-order valence-corrected chi connectivity index (χ4v) is 3.61. The third kappa shape index (κ3) is 3.48.